The van der Waals surface area contributed by atoms with Gasteiger partial charge in [-0.25, -0.2) is 4.79 Å². The molecule has 0 atom stereocenters. The van der Waals surface area contributed by atoms with Crippen molar-refractivity contribution < 1.29 is 19.1 Å². The van der Waals surface area contributed by atoms with Gasteiger partial charge in [0, 0.05) is 49.4 Å². The number of esters is 1. The Balaban J connectivity index is 1.50. The molecule has 2 aromatic carbocycles. The fourth-order valence-corrected chi connectivity index (χ4v) is 3.67. The van der Waals surface area contributed by atoms with Gasteiger partial charge in [0.1, 0.15) is 11.3 Å². The number of phenols is 1. The second kappa shape index (κ2) is 7.94. The number of phenolic OH excluding ortho intramolecular Hbond substituents is 1. The molecule has 6 heteroatoms. The van der Waals surface area contributed by atoms with Gasteiger partial charge in [-0.3, -0.25) is 4.90 Å². The first-order chi connectivity index (χ1) is 13.7. The van der Waals surface area contributed by atoms with Crippen LogP contribution >= 0.6 is 0 Å². The molecule has 146 valence electrons. The number of para-hydroxylation sites is 1. The number of nitrogens with zero attached hydrogens (tertiary/aromatic N) is 2. The van der Waals surface area contributed by atoms with E-state index in [2.05, 4.69) is 9.80 Å². The molecule has 0 aliphatic carbocycles. The van der Waals surface area contributed by atoms with Crippen molar-refractivity contribution in [1.82, 2.24) is 4.90 Å². The summed E-state index contributed by atoms with van der Waals surface area (Å²) in [7, 11) is 0. The minimum absolute atomic E-state index is 0.278. The molecule has 1 aromatic heterocycles. The van der Waals surface area contributed by atoms with Gasteiger partial charge in [0.05, 0.1) is 6.61 Å². The number of piperazine rings is 1. The van der Waals surface area contributed by atoms with Crippen molar-refractivity contribution in [3.63, 3.8) is 0 Å². The van der Waals surface area contributed by atoms with Crippen LogP contribution in [0.15, 0.2) is 52.9 Å². The van der Waals surface area contributed by atoms with E-state index in [9.17, 15) is 9.90 Å². The third kappa shape index (κ3) is 3.68. The average Bonchev–Trinajstić information content (AvgIpc) is 3.08. The van der Waals surface area contributed by atoms with E-state index in [-0.39, 0.29) is 5.75 Å². The highest BCUT2D eigenvalue weighted by Crippen LogP contribution is 2.28. The Morgan fingerprint density at radius 1 is 1.07 bits per heavy atom. The van der Waals surface area contributed by atoms with Gasteiger partial charge in [-0.05, 0) is 37.3 Å². The summed E-state index contributed by atoms with van der Waals surface area (Å²) in [5.74, 6) is 0.182. The maximum atomic E-state index is 12.4. The van der Waals surface area contributed by atoms with E-state index in [0.717, 1.165) is 42.8 Å². The summed E-state index contributed by atoms with van der Waals surface area (Å²) >= 11 is 0. The van der Waals surface area contributed by atoms with Gasteiger partial charge >= 0.3 is 5.97 Å². The summed E-state index contributed by atoms with van der Waals surface area (Å²) in [5.41, 5.74) is 2.72. The molecule has 1 aliphatic heterocycles. The fourth-order valence-electron chi connectivity index (χ4n) is 3.67. The van der Waals surface area contributed by atoms with Crippen molar-refractivity contribution in [2.75, 3.05) is 37.7 Å². The molecule has 1 N–H and O–H groups in total. The van der Waals surface area contributed by atoms with Gasteiger partial charge in [-0.2, -0.15) is 0 Å². The van der Waals surface area contributed by atoms with Crippen LogP contribution in [0.5, 0.6) is 5.75 Å². The molecular weight excluding hydrogens is 356 g/mol. The summed E-state index contributed by atoms with van der Waals surface area (Å²) in [6.07, 6.45) is 0. The molecule has 1 aliphatic rings. The van der Waals surface area contributed by atoms with Crippen LogP contribution in [0.4, 0.5) is 5.69 Å². The van der Waals surface area contributed by atoms with Crippen LogP contribution in [0.2, 0.25) is 0 Å². The molecule has 1 saturated heterocycles. The number of anilines is 1. The van der Waals surface area contributed by atoms with E-state index in [1.807, 2.05) is 36.4 Å². The van der Waals surface area contributed by atoms with Crippen LogP contribution in [0.3, 0.4) is 0 Å². The van der Waals surface area contributed by atoms with E-state index < -0.39 is 5.97 Å². The first-order valence-electron chi connectivity index (χ1n) is 9.59. The maximum Gasteiger partial charge on any atom is 0.374 e. The van der Waals surface area contributed by atoms with Crippen LogP contribution in [-0.2, 0) is 11.3 Å². The van der Waals surface area contributed by atoms with Crippen LogP contribution in [0.25, 0.3) is 11.0 Å². The van der Waals surface area contributed by atoms with E-state index in [0.29, 0.717) is 24.5 Å². The number of hydrogen-bond acceptors (Lipinski definition) is 6. The Kier molecular flexibility index (Phi) is 5.21. The normalized spacial score (nSPS) is 15.1. The number of benzene rings is 2. The van der Waals surface area contributed by atoms with Crippen molar-refractivity contribution in [1.29, 1.82) is 0 Å². The van der Waals surface area contributed by atoms with E-state index >= 15 is 0 Å². The van der Waals surface area contributed by atoms with Gasteiger partial charge < -0.3 is 19.2 Å². The Hall–Kier alpha value is -2.99. The molecule has 0 amide bonds. The molecule has 0 bridgehead atoms. The quantitative estimate of drug-likeness (QED) is 0.682. The second-order valence-corrected chi connectivity index (χ2v) is 6.91. The fraction of sp³-hybridized carbons (Fsp3) is 0.318. The molecule has 3 aromatic rings. The zero-order chi connectivity index (χ0) is 19.5. The molecule has 1 fully saturated rings. The van der Waals surface area contributed by atoms with E-state index in [4.69, 9.17) is 9.15 Å². The molecule has 28 heavy (non-hydrogen) atoms. The van der Waals surface area contributed by atoms with Crippen LogP contribution in [0, 0.1) is 0 Å². The lowest BCUT2D eigenvalue weighted by Crippen LogP contribution is -2.46. The van der Waals surface area contributed by atoms with Gasteiger partial charge in [-0.15, -0.1) is 0 Å². The Morgan fingerprint density at radius 2 is 1.79 bits per heavy atom. The van der Waals surface area contributed by atoms with E-state index in [1.54, 1.807) is 19.1 Å². The summed E-state index contributed by atoms with van der Waals surface area (Å²) in [5, 5.41) is 10.4. The number of rotatable bonds is 5. The smallest absolute Gasteiger partial charge is 0.374 e. The summed E-state index contributed by atoms with van der Waals surface area (Å²) in [4.78, 5) is 17.0. The number of ether oxygens (including phenoxy) is 1. The highest BCUT2D eigenvalue weighted by Gasteiger charge is 2.25. The van der Waals surface area contributed by atoms with Crippen molar-refractivity contribution in [2.24, 2.45) is 0 Å². The summed E-state index contributed by atoms with van der Waals surface area (Å²) in [6.45, 7) is 6.29. The van der Waals surface area contributed by atoms with Gasteiger partial charge in [0.15, 0.2) is 0 Å². The van der Waals surface area contributed by atoms with Crippen molar-refractivity contribution in [2.45, 2.75) is 13.5 Å². The Labute approximate surface area is 163 Å². The molecule has 2 heterocycles. The zero-order valence-corrected chi connectivity index (χ0v) is 15.9. The lowest BCUT2D eigenvalue weighted by Gasteiger charge is -2.36. The molecule has 6 nitrogen and oxygen atoms in total. The lowest BCUT2D eigenvalue weighted by molar-refractivity contribution is 0.0489. The highest BCUT2D eigenvalue weighted by atomic mass is 16.5. The standard InChI is InChI=1S/C22H24N2O4/c1-2-27-22(26)21-19(18-5-3-4-6-20(18)28-21)15-23-11-13-24(14-12-23)16-7-9-17(25)10-8-16/h3-10,25H,2,11-15H2,1H3. The van der Waals surface area contributed by atoms with Gasteiger partial charge in [0.25, 0.3) is 0 Å². The molecule has 0 saturated carbocycles. The monoisotopic (exact) mass is 380 g/mol. The number of hydrogen-bond donors (Lipinski definition) is 1. The number of furan rings is 1. The third-order valence-electron chi connectivity index (χ3n) is 5.13. The first-order valence-corrected chi connectivity index (χ1v) is 9.59. The lowest BCUT2D eigenvalue weighted by atomic mass is 10.1. The minimum atomic E-state index is -0.406. The van der Waals surface area contributed by atoms with Gasteiger partial charge in [-0.1, -0.05) is 18.2 Å². The van der Waals surface area contributed by atoms with Crippen molar-refractivity contribution in [3.05, 3.63) is 59.9 Å². The SMILES string of the molecule is CCOC(=O)c1oc2ccccc2c1CN1CCN(c2ccc(O)cc2)CC1. The second-order valence-electron chi connectivity index (χ2n) is 6.91. The number of fused-ring (bicyclic) bond motifs is 1. The Morgan fingerprint density at radius 3 is 2.50 bits per heavy atom. The molecular formula is C22H24N2O4. The topological polar surface area (TPSA) is 66.2 Å². The van der Waals surface area contributed by atoms with E-state index in [1.165, 1.54) is 0 Å². The van der Waals surface area contributed by atoms with Crippen LogP contribution in [0.1, 0.15) is 23.0 Å². The molecule has 0 spiro atoms. The van der Waals surface area contributed by atoms with Crippen LogP contribution in [-0.4, -0.2) is 48.8 Å². The van der Waals surface area contributed by atoms with Crippen LogP contribution < -0.4 is 4.90 Å². The Bertz CT molecular complexity index is 956. The van der Waals surface area contributed by atoms with Gasteiger partial charge in [0.2, 0.25) is 5.76 Å². The van der Waals surface area contributed by atoms with Crippen molar-refractivity contribution in [3.8, 4) is 5.75 Å². The minimum Gasteiger partial charge on any atom is -0.508 e. The highest BCUT2D eigenvalue weighted by molar-refractivity contribution is 5.96. The maximum absolute atomic E-state index is 12.4. The zero-order valence-electron chi connectivity index (χ0n) is 15.9. The predicted molar refractivity (Wildman–Crippen MR) is 108 cm³/mol. The number of carbonyl (C=O) groups is 1. The molecule has 4 rings (SSSR count). The summed E-state index contributed by atoms with van der Waals surface area (Å²) in [6, 6.07) is 15.0. The first kappa shape index (κ1) is 18.4. The average molecular weight is 380 g/mol. The molecule has 0 radical (unpaired) electrons. The number of carbonyl (C=O) groups excluding carboxylic acids is 1. The largest absolute Gasteiger partial charge is 0.508 e. The summed E-state index contributed by atoms with van der Waals surface area (Å²) < 4.78 is 11.0. The van der Waals surface area contributed by atoms with Crippen molar-refractivity contribution >= 4 is 22.6 Å². The third-order valence-corrected chi connectivity index (χ3v) is 5.13. The molecule has 0 unspecified atom stereocenters. The number of aromatic hydroxyl groups is 1. The predicted octanol–water partition coefficient (Wildman–Crippen LogP) is 3.64.